The summed E-state index contributed by atoms with van der Waals surface area (Å²) in [7, 11) is 0. The lowest BCUT2D eigenvalue weighted by molar-refractivity contribution is 1.07. The minimum Gasteiger partial charge on any atom is -0.208 e. The first-order valence-corrected chi connectivity index (χ1v) is 20.7. The molecule has 0 fully saturated rings. The zero-order valence-electron chi connectivity index (χ0n) is 32.0. The second-order valence-corrected chi connectivity index (χ2v) is 15.8. The van der Waals surface area contributed by atoms with E-state index >= 15 is 0 Å². The van der Waals surface area contributed by atoms with Gasteiger partial charge in [-0.05, 0) is 67.4 Å². The standard InChI is InChI=1S/C55H35N3S/c1-3-15-36(16-4-1)41-19-7-11-24-49(41)54-56-53(57-55(58-54)50-25-12-8-20-42(50)37-17-5-2-6-18-37)39-29-27-38(28-30-39)43-33-34-44(46-22-10-9-21-45(43)46)40-31-32-48-47-23-13-14-26-51(47)59-52(48)35-40/h1-35H. The van der Waals surface area contributed by atoms with Gasteiger partial charge in [0.15, 0.2) is 17.5 Å². The SMILES string of the molecule is c1ccc(-c2ccccc2-c2nc(-c3ccc(-c4ccc(-c5ccc6c(c5)sc5ccccc56)c5ccccc45)cc3)nc(-c3ccccc3-c3ccccc3)n2)cc1. The molecule has 9 aromatic carbocycles. The molecule has 0 bridgehead atoms. The van der Waals surface area contributed by atoms with Gasteiger partial charge in [0.05, 0.1) is 0 Å². The van der Waals surface area contributed by atoms with E-state index in [2.05, 4.69) is 200 Å². The van der Waals surface area contributed by atoms with Crippen LogP contribution in [-0.2, 0) is 0 Å². The highest BCUT2D eigenvalue weighted by molar-refractivity contribution is 7.25. The van der Waals surface area contributed by atoms with Gasteiger partial charge in [0.1, 0.15) is 0 Å². The van der Waals surface area contributed by atoms with Gasteiger partial charge in [-0.25, -0.2) is 15.0 Å². The van der Waals surface area contributed by atoms with Gasteiger partial charge in [0.25, 0.3) is 0 Å². The predicted octanol–water partition coefficient (Wildman–Crippen LogP) is 15.1. The van der Waals surface area contributed by atoms with Crippen molar-refractivity contribution in [3.8, 4) is 78.7 Å². The van der Waals surface area contributed by atoms with Crippen LogP contribution < -0.4 is 0 Å². The number of benzene rings is 9. The Balaban J connectivity index is 1.02. The minimum atomic E-state index is 0.624. The van der Waals surface area contributed by atoms with E-state index in [-0.39, 0.29) is 0 Å². The number of rotatable bonds is 7. The molecular formula is C55H35N3S. The zero-order chi connectivity index (χ0) is 39.1. The molecule has 0 spiro atoms. The van der Waals surface area contributed by atoms with Gasteiger partial charge in [-0.2, -0.15) is 0 Å². The fraction of sp³-hybridized carbons (Fsp3) is 0. The topological polar surface area (TPSA) is 38.7 Å². The summed E-state index contributed by atoms with van der Waals surface area (Å²) in [5.41, 5.74) is 12.0. The van der Waals surface area contributed by atoms with Crippen LogP contribution in [0.2, 0.25) is 0 Å². The average molecular weight is 770 g/mol. The van der Waals surface area contributed by atoms with Gasteiger partial charge in [-0.1, -0.05) is 200 Å². The Kier molecular flexibility index (Phi) is 8.68. The normalized spacial score (nSPS) is 11.4. The van der Waals surface area contributed by atoms with Gasteiger partial charge in [-0.3, -0.25) is 0 Å². The summed E-state index contributed by atoms with van der Waals surface area (Å²) in [6, 6.07) is 75.1. The molecule has 11 aromatic rings. The second-order valence-electron chi connectivity index (χ2n) is 14.7. The summed E-state index contributed by atoms with van der Waals surface area (Å²) in [4.78, 5) is 15.6. The van der Waals surface area contributed by atoms with Crippen LogP contribution in [0.15, 0.2) is 212 Å². The summed E-state index contributed by atoms with van der Waals surface area (Å²) >= 11 is 1.86. The summed E-state index contributed by atoms with van der Waals surface area (Å²) in [5, 5.41) is 5.08. The second kappa shape index (κ2) is 14.8. The van der Waals surface area contributed by atoms with Gasteiger partial charge in [-0.15, -0.1) is 11.3 Å². The van der Waals surface area contributed by atoms with Crippen LogP contribution in [0.4, 0.5) is 0 Å². The number of hydrogen-bond donors (Lipinski definition) is 0. The molecule has 59 heavy (non-hydrogen) atoms. The molecule has 2 heterocycles. The van der Waals surface area contributed by atoms with E-state index in [9.17, 15) is 0 Å². The van der Waals surface area contributed by atoms with Crippen molar-refractivity contribution in [2.75, 3.05) is 0 Å². The van der Waals surface area contributed by atoms with Crippen molar-refractivity contribution in [3.05, 3.63) is 212 Å². The van der Waals surface area contributed by atoms with Crippen molar-refractivity contribution in [3.63, 3.8) is 0 Å². The smallest absolute Gasteiger partial charge is 0.164 e. The molecule has 2 aromatic heterocycles. The molecule has 3 nitrogen and oxygen atoms in total. The first-order chi connectivity index (χ1) is 29.2. The van der Waals surface area contributed by atoms with E-state index in [1.807, 2.05) is 23.5 Å². The Morgan fingerprint density at radius 3 is 1.24 bits per heavy atom. The van der Waals surface area contributed by atoms with Gasteiger partial charge in [0.2, 0.25) is 0 Å². The van der Waals surface area contributed by atoms with E-state index in [0.717, 1.165) is 44.5 Å². The van der Waals surface area contributed by atoms with E-state index in [1.54, 1.807) is 0 Å². The number of hydrogen-bond acceptors (Lipinski definition) is 4. The number of aromatic nitrogens is 3. The molecule has 0 aliphatic heterocycles. The Hall–Kier alpha value is -7.53. The van der Waals surface area contributed by atoms with Crippen LogP contribution in [0.3, 0.4) is 0 Å². The summed E-state index contributed by atoms with van der Waals surface area (Å²) in [6.45, 7) is 0. The largest absolute Gasteiger partial charge is 0.208 e. The van der Waals surface area contributed by atoms with Crippen molar-refractivity contribution >= 4 is 42.3 Å². The fourth-order valence-corrected chi connectivity index (χ4v) is 9.48. The van der Waals surface area contributed by atoms with E-state index in [4.69, 9.17) is 15.0 Å². The first kappa shape index (κ1) is 34.7. The quantitative estimate of drug-likeness (QED) is 0.162. The lowest BCUT2D eigenvalue weighted by Crippen LogP contribution is -2.02. The van der Waals surface area contributed by atoms with Crippen LogP contribution in [0.5, 0.6) is 0 Å². The highest BCUT2D eigenvalue weighted by atomic mass is 32.1. The number of fused-ring (bicyclic) bond motifs is 4. The number of thiophene rings is 1. The molecule has 0 amide bonds. The third-order valence-electron chi connectivity index (χ3n) is 11.2. The Labute approximate surface area is 346 Å². The van der Waals surface area contributed by atoms with Crippen LogP contribution in [0, 0.1) is 0 Å². The third kappa shape index (κ3) is 6.37. The van der Waals surface area contributed by atoms with Crippen molar-refractivity contribution < 1.29 is 0 Å². The lowest BCUT2D eigenvalue weighted by atomic mass is 9.91. The third-order valence-corrected chi connectivity index (χ3v) is 12.3. The molecule has 276 valence electrons. The van der Waals surface area contributed by atoms with Gasteiger partial charge in [0, 0.05) is 36.9 Å². The molecule has 0 N–H and O–H groups in total. The molecule has 11 rings (SSSR count). The van der Waals surface area contributed by atoms with E-state index in [0.29, 0.717) is 17.5 Å². The summed E-state index contributed by atoms with van der Waals surface area (Å²) < 4.78 is 2.63. The Morgan fingerprint density at radius 1 is 0.237 bits per heavy atom. The zero-order valence-corrected chi connectivity index (χ0v) is 32.8. The molecule has 0 aliphatic carbocycles. The van der Waals surface area contributed by atoms with Crippen molar-refractivity contribution in [1.82, 2.24) is 15.0 Å². The van der Waals surface area contributed by atoms with Crippen molar-refractivity contribution in [1.29, 1.82) is 0 Å². The molecule has 0 atom stereocenters. The Morgan fingerprint density at radius 2 is 0.644 bits per heavy atom. The highest BCUT2D eigenvalue weighted by Crippen LogP contribution is 2.41. The van der Waals surface area contributed by atoms with Crippen LogP contribution >= 0.6 is 11.3 Å². The Bertz CT molecular complexity index is 3210. The van der Waals surface area contributed by atoms with E-state index in [1.165, 1.54) is 47.6 Å². The summed E-state index contributed by atoms with van der Waals surface area (Å²) in [6.07, 6.45) is 0. The monoisotopic (exact) mass is 769 g/mol. The lowest BCUT2D eigenvalue weighted by Gasteiger charge is -2.14. The maximum atomic E-state index is 5.21. The molecule has 0 unspecified atom stereocenters. The minimum absolute atomic E-state index is 0.624. The maximum Gasteiger partial charge on any atom is 0.164 e. The average Bonchev–Trinajstić information content (AvgIpc) is 3.70. The predicted molar refractivity (Wildman–Crippen MR) is 248 cm³/mol. The highest BCUT2D eigenvalue weighted by Gasteiger charge is 2.18. The van der Waals surface area contributed by atoms with Crippen molar-refractivity contribution in [2.45, 2.75) is 0 Å². The molecule has 4 heteroatoms. The fourth-order valence-electron chi connectivity index (χ4n) is 8.34. The van der Waals surface area contributed by atoms with Gasteiger partial charge >= 0.3 is 0 Å². The molecular weight excluding hydrogens is 735 g/mol. The maximum absolute atomic E-state index is 5.21. The molecule has 0 aliphatic rings. The first-order valence-electron chi connectivity index (χ1n) is 19.9. The van der Waals surface area contributed by atoms with Gasteiger partial charge < -0.3 is 0 Å². The number of nitrogens with zero attached hydrogens (tertiary/aromatic N) is 3. The summed E-state index contributed by atoms with van der Waals surface area (Å²) in [5.74, 6) is 1.89. The molecule has 0 saturated carbocycles. The van der Waals surface area contributed by atoms with Crippen LogP contribution in [0.25, 0.3) is 110 Å². The van der Waals surface area contributed by atoms with Crippen LogP contribution in [0.1, 0.15) is 0 Å². The molecule has 0 saturated heterocycles. The van der Waals surface area contributed by atoms with Crippen molar-refractivity contribution in [2.24, 2.45) is 0 Å². The van der Waals surface area contributed by atoms with Crippen LogP contribution in [-0.4, -0.2) is 15.0 Å². The van der Waals surface area contributed by atoms with E-state index < -0.39 is 0 Å². The molecule has 0 radical (unpaired) electrons.